The molecule has 0 aromatic heterocycles. The van der Waals surface area contributed by atoms with Gasteiger partial charge in [-0.2, -0.15) is 0 Å². The summed E-state index contributed by atoms with van der Waals surface area (Å²) in [4.78, 5) is 25.0. The van der Waals surface area contributed by atoms with E-state index in [1.54, 1.807) is 30.1 Å². The molecule has 2 N–H and O–H groups in total. The number of amides is 2. The first kappa shape index (κ1) is 29.2. The number of unbranched alkanes of at least 4 members (excludes halogenated alkanes) is 15. The average Bonchev–Trinajstić information content (AvgIpc) is 2.85. The summed E-state index contributed by atoms with van der Waals surface area (Å²) < 4.78 is 0. The summed E-state index contributed by atoms with van der Waals surface area (Å²) in [6, 6.07) is 5.09. The molecule has 0 saturated carbocycles. The van der Waals surface area contributed by atoms with E-state index < -0.39 is 0 Å². The van der Waals surface area contributed by atoms with Crippen LogP contribution in [0.15, 0.2) is 18.2 Å². The van der Waals surface area contributed by atoms with Crippen LogP contribution < -0.4 is 10.2 Å². The van der Waals surface area contributed by atoms with Crippen molar-refractivity contribution < 1.29 is 14.7 Å². The molecule has 0 radical (unpaired) electrons. The highest BCUT2D eigenvalue weighted by atomic mass is 16.3. The molecule has 0 aliphatic rings. The number of nitrogens with one attached hydrogen (secondary N) is 1. The number of nitrogens with zero attached hydrogens (tertiary/aromatic N) is 1. The van der Waals surface area contributed by atoms with E-state index in [1.807, 2.05) is 0 Å². The molecule has 188 valence electrons. The lowest BCUT2D eigenvalue weighted by molar-refractivity contribution is -0.107. The first-order valence-corrected chi connectivity index (χ1v) is 13.4. The van der Waals surface area contributed by atoms with Gasteiger partial charge in [-0.3, -0.25) is 9.59 Å². The van der Waals surface area contributed by atoms with Crippen molar-refractivity contribution in [3.8, 4) is 0 Å². The maximum Gasteiger partial charge on any atom is 0.251 e. The maximum absolute atomic E-state index is 11.8. The molecule has 1 aromatic carbocycles. The predicted octanol–water partition coefficient (Wildman–Crippen LogP) is 6.76. The van der Waals surface area contributed by atoms with Crippen molar-refractivity contribution in [2.24, 2.45) is 0 Å². The number of benzene rings is 1. The summed E-state index contributed by atoms with van der Waals surface area (Å²) in [6.45, 7) is 2.70. The Balaban J connectivity index is 2.10. The third-order valence-electron chi connectivity index (χ3n) is 6.43. The van der Waals surface area contributed by atoms with E-state index in [-0.39, 0.29) is 12.5 Å². The monoisotopic (exact) mass is 460 g/mol. The number of anilines is 1. The largest absolute Gasteiger partial charge is 0.392 e. The first-order chi connectivity index (χ1) is 16.2. The summed E-state index contributed by atoms with van der Waals surface area (Å²) in [5.41, 5.74) is 1.76. The van der Waals surface area contributed by atoms with E-state index >= 15 is 0 Å². The Hall–Kier alpha value is -1.88. The zero-order valence-corrected chi connectivity index (χ0v) is 21.2. The van der Waals surface area contributed by atoms with Crippen LogP contribution in [0.3, 0.4) is 0 Å². The molecule has 0 aliphatic carbocycles. The molecule has 5 nitrogen and oxygen atoms in total. The predicted molar refractivity (Wildman–Crippen MR) is 139 cm³/mol. The molecular weight excluding hydrogens is 412 g/mol. The van der Waals surface area contributed by atoms with Crippen LogP contribution >= 0.6 is 0 Å². The van der Waals surface area contributed by atoms with Crippen LogP contribution in [0.4, 0.5) is 5.69 Å². The van der Waals surface area contributed by atoms with Crippen LogP contribution in [0.5, 0.6) is 0 Å². The molecule has 1 rings (SSSR count). The van der Waals surface area contributed by atoms with Crippen molar-refractivity contribution in [3.05, 3.63) is 29.3 Å². The number of carbonyl (C=O) groups excluding carboxylic acids is 2. The van der Waals surface area contributed by atoms with Crippen molar-refractivity contribution in [1.82, 2.24) is 5.32 Å². The SMILES string of the molecule is CCCCCCCCCCCCCCCCCCN(C=O)c1ccc(C(=O)NC)cc1CO. The minimum Gasteiger partial charge on any atom is -0.392 e. The fourth-order valence-corrected chi connectivity index (χ4v) is 4.34. The summed E-state index contributed by atoms with van der Waals surface area (Å²) in [5, 5.41) is 12.3. The van der Waals surface area contributed by atoms with Gasteiger partial charge in [0.25, 0.3) is 5.91 Å². The van der Waals surface area contributed by atoms with E-state index in [2.05, 4.69) is 12.2 Å². The second kappa shape index (κ2) is 19.6. The Morgan fingerprint density at radius 1 is 0.848 bits per heavy atom. The lowest BCUT2D eigenvalue weighted by Crippen LogP contribution is -2.24. The molecule has 1 aromatic rings. The van der Waals surface area contributed by atoms with Gasteiger partial charge in [0.1, 0.15) is 0 Å². The Morgan fingerprint density at radius 3 is 1.76 bits per heavy atom. The number of aliphatic hydroxyl groups excluding tert-OH is 1. The van der Waals surface area contributed by atoms with Gasteiger partial charge in [-0.25, -0.2) is 0 Å². The topological polar surface area (TPSA) is 69.6 Å². The van der Waals surface area contributed by atoms with Gasteiger partial charge in [-0.15, -0.1) is 0 Å². The third-order valence-corrected chi connectivity index (χ3v) is 6.43. The maximum atomic E-state index is 11.8. The number of carbonyl (C=O) groups is 2. The Morgan fingerprint density at radius 2 is 1.33 bits per heavy atom. The van der Waals surface area contributed by atoms with Gasteiger partial charge in [0, 0.05) is 30.4 Å². The molecule has 0 bridgehead atoms. The van der Waals surface area contributed by atoms with Gasteiger partial charge in [0.05, 0.1) is 6.61 Å². The fourth-order valence-electron chi connectivity index (χ4n) is 4.34. The van der Waals surface area contributed by atoms with Gasteiger partial charge in [-0.1, -0.05) is 103 Å². The molecule has 0 fully saturated rings. The standard InChI is InChI=1S/C28H48N2O3/c1-3-4-5-6-7-8-9-10-11-12-13-14-15-16-17-18-21-30(24-32)27-20-19-25(28(33)29-2)22-26(27)23-31/h19-20,22,24,31H,3-18,21,23H2,1-2H3,(H,29,33). The van der Waals surface area contributed by atoms with Crippen LogP contribution in [-0.4, -0.2) is 31.0 Å². The van der Waals surface area contributed by atoms with Crippen LogP contribution in [-0.2, 0) is 11.4 Å². The Bertz CT molecular complexity index is 648. The molecule has 5 heteroatoms. The first-order valence-electron chi connectivity index (χ1n) is 13.4. The van der Waals surface area contributed by atoms with Crippen LogP contribution in [0, 0.1) is 0 Å². The van der Waals surface area contributed by atoms with Crippen LogP contribution in [0.1, 0.15) is 126 Å². The van der Waals surface area contributed by atoms with E-state index in [1.165, 1.54) is 89.9 Å². The zero-order valence-electron chi connectivity index (χ0n) is 21.2. The second-order valence-corrected chi connectivity index (χ2v) is 9.18. The van der Waals surface area contributed by atoms with Gasteiger partial charge < -0.3 is 15.3 Å². The molecule has 0 aliphatic heterocycles. The lowest BCUT2D eigenvalue weighted by Gasteiger charge is -2.21. The molecule has 33 heavy (non-hydrogen) atoms. The van der Waals surface area contributed by atoms with Gasteiger partial charge in [-0.05, 0) is 24.6 Å². The van der Waals surface area contributed by atoms with E-state index in [4.69, 9.17) is 0 Å². The minimum atomic E-state index is -0.205. The molecule has 0 heterocycles. The number of aliphatic hydroxyl groups is 1. The van der Waals surface area contributed by atoms with Crippen LogP contribution in [0.25, 0.3) is 0 Å². The Kier molecular flexibility index (Phi) is 17.3. The number of hydrogen-bond acceptors (Lipinski definition) is 3. The number of hydrogen-bond donors (Lipinski definition) is 2. The molecule has 2 amide bonds. The minimum absolute atomic E-state index is 0.202. The highest BCUT2D eigenvalue weighted by Crippen LogP contribution is 2.22. The normalized spacial score (nSPS) is 10.9. The number of rotatable bonds is 21. The zero-order chi connectivity index (χ0) is 24.2. The van der Waals surface area contributed by atoms with Crippen molar-refractivity contribution in [3.63, 3.8) is 0 Å². The van der Waals surface area contributed by atoms with E-state index in [0.717, 1.165) is 19.3 Å². The fraction of sp³-hybridized carbons (Fsp3) is 0.714. The molecule has 0 saturated heterocycles. The lowest BCUT2D eigenvalue weighted by atomic mass is 10.0. The van der Waals surface area contributed by atoms with Gasteiger partial charge >= 0.3 is 0 Å². The molecular formula is C28H48N2O3. The summed E-state index contributed by atoms with van der Waals surface area (Å²) in [6.07, 6.45) is 21.9. The molecule has 0 atom stereocenters. The smallest absolute Gasteiger partial charge is 0.251 e. The average molecular weight is 461 g/mol. The highest BCUT2D eigenvalue weighted by molar-refractivity contribution is 5.95. The van der Waals surface area contributed by atoms with Gasteiger partial charge in [0.2, 0.25) is 6.41 Å². The summed E-state index contributed by atoms with van der Waals surface area (Å²) in [5.74, 6) is -0.202. The van der Waals surface area contributed by atoms with Crippen molar-refractivity contribution >= 4 is 18.0 Å². The second-order valence-electron chi connectivity index (χ2n) is 9.18. The van der Waals surface area contributed by atoms with Crippen LogP contribution in [0.2, 0.25) is 0 Å². The molecule has 0 spiro atoms. The van der Waals surface area contributed by atoms with E-state index in [0.29, 0.717) is 23.4 Å². The third kappa shape index (κ3) is 12.8. The van der Waals surface area contributed by atoms with Gasteiger partial charge in [0.15, 0.2) is 0 Å². The summed E-state index contributed by atoms with van der Waals surface area (Å²) >= 11 is 0. The van der Waals surface area contributed by atoms with Crippen molar-refractivity contribution in [2.45, 2.75) is 116 Å². The van der Waals surface area contributed by atoms with E-state index in [9.17, 15) is 14.7 Å². The summed E-state index contributed by atoms with van der Waals surface area (Å²) in [7, 11) is 1.57. The molecule has 0 unspecified atom stereocenters. The van der Waals surface area contributed by atoms with Crippen molar-refractivity contribution in [1.29, 1.82) is 0 Å². The van der Waals surface area contributed by atoms with Crippen molar-refractivity contribution in [2.75, 3.05) is 18.5 Å². The Labute approximate surface area is 202 Å². The highest BCUT2D eigenvalue weighted by Gasteiger charge is 2.13. The quantitative estimate of drug-likeness (QED) is 0.157.